The number of hydrogen-bond donors (Lipinski definition) is 0. The van der Waals surface area contributed by atoms with Crippen LogP contribution >= 0.6 is 22.6 Å². The van der Waals surface area contributed by atoms with Crippen molar-refractivity contribution in [2.75, 3.05) is 0 Å². The van der Waals surface area contributed by atoms with Gasteiger partial charge in [-0.15, -0.1) is 0 Å². The second-order valence-electron chi connectivity index (χ2n) is 4.40. The summed E-state index contributed by atoms with van der Waals surface area (Å²) >= 11 is 2.18. The van der Waals surface area contributed by atoms with Crippen molar-refractivity contribution in [2.45, 2.75) is 10.4 Å². The van der Waals surface area contributed by atoms with Crippen LogP contribution in [0.3, 0.4) is 0 Å². The number of halogens is 4. The zero-order valence-corrected chi connectivity index (χ0v) is 14.0. The van der Waals surface area contributed by atoms with Crippen molar-refractivity contribution in [3.8, 4) is 0 Å². The molecule has 0 saturated carbocycles. The maximum Gasteiger partial charge on any atom is 0.501 e. The fourth-order valence-electron chi connectivity index (χ4n) is 1.66. The molecule has 7 heteroatoms. The molecular weight excluding hydrogens is 428 g/mol. The predicted molar refractivity (Wildman–Crippen MR) is 87.8 cm³/mol. The van der Waals surface area contributed by atoms with Gasteiger partial charge in [-0.25, -0.2) is 8.42 Å². The van der Waals surface area contributed by atoms with E-state index in [-0.39, 0.29) is 0 Å². The highest BCUT2D eigenvalue weighted by Gasteiger charge is 2.46. The van der Waals surface area contributed by atoms with Gasteiger partial charge in [0, 0.05) is 3.57 Å². The van der Waals surface area contributed by atoms with E-state index < -0.39 is 20.2 Å². The quantitative estimate of drug-likeness (QED) is 0.512. The molecule has 22 heavy (non-hydrogen) atoms. The van der Waals surface area contributed by atoms with Gasteiger partial charge < -0.3 is 0 Å². The Kier molecular flexibility index (Phi) is 4.96. The smallest absolute Gasteiger partial charge is 0.214 e. The van der Waals surface area contributed by atoms with Crippen LogP contribution in [-0.2, 0) is 9.84 Å². The minimum atomic E-state index is -5.29. The van der Waals surface area contributed by atoms with E-state index in [0.717, 1.165) is 21.3 Å². The number of hydrogen-bond acceptors (Lipinski definition) is 2. The van der Waals surface area contributed by atoms with E-state index in [4.69, 9.17) is 0 Å². The molecule has 0 aliphatic heterocycles. The molecule has 0 aromatic heterocycles. The number of alkyl halides is 3. The van der Waals surface area contributed by atoms with Crippen molar-refractivity contribution in [2.24, 2.45) is 0 Å². The van der Waals surface area contributed by atoms with Gasteiger partial charge in [0.15, 0.2) is 0 Å². The second kappa shape index (κ2) is 6.41. The van der Waals surface area contributed by atoms with Crippen LogP contribution in [0.1, 0.15) is 11.1 Å². The zero-order valence-electron chi connectivity index (χ0n) is 11.0. The molecule has 2 rings (SSSR count). The summed E-state index contributed by atoms with van der Waals surface area (Å²) in [5, 5.41) is 0. The summed E-state index contributed by atoms with van der Waals surface area (Å²) in [4.78, 5) is -0.758. The first-order valence-corrected chi connectivity index (χ1v) is 8.61. The van der Waals surface area contributed by atoms with Crippen LogP contribution in [-0.4, -0.2) is 13.9 Å². The van der Waals surface area contributed by atoms with Gasteiger partial charge in [0.1, 0.15) is 0 Å². The molecule has 0 atom stereocenters. The number of sulfone groups is 1. The predicted octanol–water partition coefficient (Wildman–Crippen LogP) is 4.76. The lowest BCUT2D eigenvalue weighted by Crippen LogP contribution is -2.23. The van der Waals surface area contributed by atoms with Crippen LogP contribution in [0.15, 0.2) is 53.4 Å². The summed E-state index contributed by atoms with van der Waals surface area (Å²) in [6.07, 6.45) is 3.50. The third-order valence-electron chi connectivity index (χ3n) is 2.83. The van der Waals surface area contributed by atoms with E-state index in [1.54, 1.807) is 12.2 Å². The largest absolute Gasteiger partial charge is 0.501 e. The molecule has 0 amide bonds. The Labute approximate surface area is 139 Å². The summed E-state index contributed by atoms with van der Waals surface area (Å²) in [7, 11) is -5.29. The third kappa shape index (κ3) is 3.89. The van der Waals surface area contributed by atoms with Crippen molar-refractivity contribution in [3.63, 3.8) is 0 Å². The summed E-state index contributed by atoms with van der Waals surface area (Å²) in [6, 6.07) is 12.2. The van der Waals surface area contributed by atoms with E-state index in [1.165, 1.54) is 12.1 Å². The highest BCUT2D eigenvalue weighted by atomic mass is 127. The highest BCUT2D eigenvalue weighted by Crippen LogP contribution is 2.30. The lowest BCUT2D eigenvalue weighted by atomic mass is 10.1. The molecule has 2 aromatic rings. The maximum atomic E-state index is 12.4. The molecule has 116 valence electrons. The Morgan fingerprint density at radius 2 is 1.23 bits per heavy atom. The lowest BCUT2D eigenvalue weighted by Gasteiger charge is -2.07. The standard InChI is InChI=1S/C15H10F3IO2S/c16-15(17,18)22(20,21)14-9-5-12(6-10-14)2-1-11-3-7-13(19)8-4-11/h1-10H/b2-1+. The summed E-state index contributed by atoms with van der Waals surface area (Å²) < 4.78 is 60.8. The van der Waals surface area contributed by atoms with E-state index in [1.807, 2.05) is 24.3 Å². The van der Waals surface area contributed by atoms with E-state index in [9.17, 15) is 21.6 Å². The molecule has 2 nitrogen and oxygen atoms in total. The maximum absolute atomic E-state index is 12.4. The van der Waals surface area contributed by atoms with Gasteiger partial charge in [-0.2, -0.15) is 13.2 Å². The van der Waals surface area contributed by atoms with Gasteiger partial charge in [0.05, 0.1) is 4.90 Å². The van der Waals surface area contributed by atoms with Gasteiger partial charge in [0.2, 0.25) is 0 Å². The average Bonchev–Trinajstić information content (AvgIpc) is 2.46. The second-order valence-corrected chi connectivity index (χ2v) is 7.59. The van der Waals surface area contributed by atoms with Crippen molar-refractivity contribution in [1.29, 1.82) is 0 Å². The Bertz CT molecular complexity index is 777. The van der Waals surface area contributed by atoms with Gasteiger partial charge in [0.25, 0.3) is 9.84 Å². The molecule has 0 bridgehead atoms. The van der Waals surface area contributed by atoms with Crippen LogP contribution in [0.2, 0.25) is 0 Å². The fourth-order valence-corrected chi connectivity index (χ4v) is 2.78. The minimum Gasteiger partial charge on any atom is -0.214 e. The molecule has 0 fully saturated rings. The number of rotatable bonds is 3. The topological polar surface area (TPSA) is 34.1 Å². The number of benzene rings is 2. The van der Waals surface area contributed by atoms with Crippen molar-refractivity contribution in [1.82, 2.24) is 0 Å². The minimum absolute atomic E-state index is 0.611. The van der Waals surface area contributed by atoms with Crippen LogP contribution in [0.25, 0.3) is 12.2 Å². The zero-order chi connectivity index (χ0) is 16.4. The van der Waals surface area contributed by atoms with Crippen molar-refractivity contribution >= 4 is 44.6 Å². The first-order chi connectivity index (χ1) is 10.2. The Morgan fingerprint density at radius 3 is 1.64 bits per heavy atom. The SMILES string of the molecule is O=S(=O)(c1ccc(/C=C/c2ccc(I)cc2)cc1)C(F)(F)F. The average molecular weight is 438 g/mol. The molecular formula is C15H10F3IO2S. The Balaban J connectivity index is 2.21. The first kappa shape index (κ1) is 17.0. The van der Waals surface area contributed by atoms with E-state index in [0.29, 0.717) is 5.56 Å². The Morgan fingerprint density at radius 1 is 0.818 bits per heavy atom. The Hall–Kier alpha value is -1.35. The lowest BCUT2D eigenvalue weighted by molar-refractivity contribution is -0.0436. The van der Waals surface area contributed by atoms with Crippen LogP contribution in [0.4, 0.5) is 13.2 Å². The molecule has 0 heterocycles. The van der Waals surface area contributed by atoms with Crippen LogP contribution < -0.4 is 0 Å². The summed E-state index contributed by atoms with van der Waals surface area (Å²) in [5.74, 6) is 0. The molecule has 2 aromatic carbocycles. The van der Waals surface area contributed by atoms with E-state index in [2.05, 4.69) is 22.6 Å². The molecule has 0 N–H and O–H groups in total. The molecule has 0 unspecified atom stereocenters. The molecule has 0 spiro atoms. The summed E-state index contributed by atoms with van der Waals surface area (Å²) in [5.41, 5.74) is -3.74. The molecule has 0 aliphatic rings. The normalized spacial score (nSPS) is 12.7. The molecule has 0 aliphatic carbocycles. The fraction of sp³-hybridized carbons (Fsp3) is 0.0667. The van der Waals surface area contributed by atoms with Gasteiger partial charge in [-0.1, -0.05) is 36.4 Å². The van der Waals surface area contributed by atoms with Crippen molar-refractivity contribution < 1.29 is 21.6 Å². The van der Waals surface area contributed by atoms with Gasteiger partial charge in [-0.3, -0.25) is 0 Å². The van der Waals surface area contributed by atoms with Gasteiger partial charge in [-0.05, 0) is 58.0 Å². The molecule has 0 radical (unpaired) electrons. The van der Waals surface area contributed by atoms with Crippen molar-refractivity contribution in [3.05, 3.63) is 63.2 Å². The van der Waals surface area contributed by atoms with Gasteiger partial charge >= 0.3 is 5.51 Å². The van der Waals surface area contributed by atoms with Crippen LogP contribution in [0, 0.1) is 3.57 Å². The first-order valence-electron chi connectivity index (χ1n) is 6.05. The third-order valence-corrected chi connectivity index (χ3v) is 5.05. The highest BCUT2D eigenvalue weighted by molar-refractivity contribution is 14.1. The van der Waals surface area contributed by atoms with E-state index >= 15 is 0 Å². The molecule has 0 saturated heterocycles. The van der Waals surface area contributed by atoms with Crippen LogP contribution in [0.5, 0.6) is 0 Å². The summed E-state index contributed by atoms with van der Waals surface area (Å²) in [6.45, 7) is 0. The monoisotopic (exact) mass is 438 g/mol.